The topological polar surface area (TPSA) is 98.2 Å². The number of nitrogens with one attached hydrogen (secondary N) is 1. The molecule has 0 aliphatic heterocycles. The molecule has 1 amide bonds. The Kier molecular flexibility index (Phi) is 6.09. The van der Waals surface area contributed by atoms with Crippen LogP contribution in [-0.2, 0) is 9.53 Å². The molecule has 0 saturated carbocycles. The Labute approximate surface area is 167 Å². The van der Waals surface area contributed by atoms with E-state index in [-0.39, 0.29) is 11.5 Å². The smallest absolute Gasteiger partial charge is 0.359 e. The zero-order valence-corrected chi connectivity index (χ0v) is 16.0. The highest BCUT2D eigenvalue weighted by atomic mass is 16.5. The molecular formula is C22H19N3O4. The largest absolute Gasteiger partial charge is 0.443 e. The van der Waals surface area contributed by atoms with E-state index < -0.39 is 18.0 Å². The van der Waals surface area contributed by atoms with Crippen LogP contribution in [0.2, 0.25) is 0 Å². The first-order valence-electron chi connectivity index (χ1n) is 8.90. The van der Waals surface area contributed by atoms with Crippen molar-refractivity contribution < 1.29 is 19.1 Å². The van der Waals surface area contributed by atoms with Gasteiger partial charge in [-0.05, 0) is 26.0 Å². The highest BCUT2D eigenvalue weighted by Crippen LogP contribution is 2.22. The lowest BCUT2D eigenvalue weighted by Crippen LogP contribution is -2.26. The standard InChI is InChI=1S/C22H19N3O4/c1-14-12-24-19(13-23-14)22(28)29-20(16-7-4-3-5-8-16)21(27)25-18-10-6-9-17(11-18)15(2)26/h3-13,20H,1-2H3,(H,25,27). The Morgan fingerprint density at radius 3 is 2.38 bits per heavy atom. The number of hydrogen-bond acceptors (Lipinski definition) is 6. The summed E-state index contributed by atoms with van der Waals surface area (Å²) >= 11 is 0. The minimum Gasteiger partial charge on any atom is -0.443 e. The number of amides is 1. The predicted molar refractivity (Wildman–Crippen MR) is 106 cm³/mol. The maximum Gasteiger partial charge on any atom is 0.359 e. The fourth-order valence-corrected chi connectivity index (χ4v) is 2.59. The first-order valence-corrected chi connectivity index (χ1v) is 8.90. The summed E-state index contributed by atoms with van der Waals surface area (Å²) in [6.45, 7) is 3.19. The van der Waals surface area contributed by atoms with Gasteiger partial charge in [-0.25, -0.2) is 9.78 Å². The number of carbonyl (C=O) groups is 3. The van der Waals surface area contributed by atoms with E-state index >= 15 is 0 Å². The van der Waals surface area contributed by atoms with Crippen molar-refractivity contribution in [1.29, 1.82) is 0 Å². The number of hydrogen-bond donors (Lipinski definition) is 1. The third kappa shape index (κ3) is 5.10. The molecule has 146 valence electrons. The summed E-state index contributed by atoms with van der Waals surface area (Å²) in [6, 6.07) is 15.2. The lowest BCUT2D eigenvalue weighted by atomic mass is 10.1. The second-order valence-electron chi connectivity index (χ2n) is 6.37. The molecule has 1 atom stereocenters. The molecule has 1 aromatic heterocycles. The number of Topliss-reactive ketones (excluding diaryl/α,β-unsaturated/α-hetero) is 1. The van der Waals surface area contributed by atoms with Crippen LogP contribution in [0, 0.1) is 6.92 Å². The summed E-state index contributed by atoms with van der Waals surface area (Å²) in [5, 5.41) is 2.70. The molecule has 1 heterocycles. The van der Waals surface area contributed by atoms with Crippen molar-refractivity contribution >= 4 is 23.3 Å². The number of ether oxygens (including phenoxy) is 1. The molecule has 0 radical (unpaired) electrons. The Morgan fingerprint density at radius 2 is 1.72 bits per heavy atom. The third-order valence-corrected chi connectivity index (χ3v) is 4.09. The average Bonchev–Trinajstić information content (AvgIpc) is 2.73. The van der Waals surface area contributed by atoms with E-state index in [0.29, 0.717) is 22.5 Å². The highest BCUT2D eigenvalue weighted by molar-refractivity contribution is 5.99. The molecule has 0 saturated heterocycles. The summed E-state index contributed by atoms with van der Waals surface area (Å²) < 4.78 is 5.45. The molecule has 0 spiro atoms. The van der Waals surface area contributed by atoms with Crippen molar-refractivity contribution in [1.82, 2.24) is 9.97 Å². The molecule has 0 aliphatic rings. The van der Waals surface area contributed by atoms with Gasteiger partial charge in [-0.15, -0.1) is 0 Å². The monoisotopic (exact) mass is 389 g/mol. The Hall–Kier alpha value is -3.87. The van der Waals surface area contributed by atoms with E-state index in [1.165, 1.54) is 19.3 Å². The molecule has 29 heavy (non-hydrogen) atoms. The van der Waals surface area contributed by atoms with Crippen molar-refractivity contribution in [2.24, 2.45) is 0 Å². The van der Waals surface area contributed by atoms with E-state index in [4.69, 9.17) is 4.74 Å². The minimum atomic E-state index is -1.20. The van der Waals surface area contributed by atoms with Gasteiger partial charge in [0.25, 0.3) is 5.91 Å². The van der Waals surface area contributed by atoms with E-state index in [2.05, 4.69) is 15.3 Å². The quantitative estimate of drug-likeness (QED) is 0.512. The number of benzene rings is 2. The molecule has 0 bridgehead atoms. The van der Waals surface area contributed by atoms with E-state index in [1.54, 1.807) is 61.5 Å². The Bertz CT molecular complexity index is 1030. The third-order valence-electron chi connectivity index (χ3n) is 4.09. The van der Waals surface area contributed by atoms with Crippen LogP contribution in [0.5, 0.6) is 0 Å². The van der Waals surface area contributed by atoms with Crippen LogP contribution in [0.25, 0.3) is 0 Å². The van der Waals surface area contributed by atoms with Crippen molar-refractivity contribution in [2.75, 3.05) is 5.32 Å². The summed E-state index contributed by atoms with van der Waals surface area (Å²) in [4.78, 5) is 45.0. The van der Waals surface area contributed by atoms with Gasteiger partial charge in [0.2, 0.25) is 6.10 Å². The van der Waals surface area contributed by atoms with Gasteiger partial charge in [-0.3, -0.25) is 14.6 Å². The van der Waals surface area contributed by atoms with E-state index in [9.17, 15) is 14.4 Å². The number of aromatic nitrogens is 2. The van der Waals surface area contributed by atoms with Gasteiger partial charge in [0.1, 0.15) is 0 Å². The molecule has 0 aliphatic carbocycles. The van der Waals surface area contributed by atoms with Crippen LogP contribution in [-0.4, -0.2) is 27.6 Å². The molecule has 0 fully saturated rings. The van der Waals surface area contributed by atoms with Crippen LogP contribution < -0.4 is 5.32 Å². The maximum absolute atomic E-state index is 12.9. The van der Waals surface area contributed by atoms with Crippen LogP contribution in [0.15, 0.2) is 67.0 Å². The van der Waals surface area contributed by atoms with E-state index in [1.807, 2.05) is 0 Å². The summed E-state index contributed by atoms with van der Waals surface area (Å²) in [5.41, 5.74) is 2.05. The summed E-state index contributed by atoms with van der Waals surface area (Å²) in [5.74, 6) is -1.44. The zero-order chi connectivity index (χ0) is 20.8. The zero-order valence-electron chi connectivity index (χ0n) is 16.0. The molecule has 7 heteroatoms. The molecule has 1 unspecified atom stereocenters. The highest BCUT2D eigenvalue weighted by Gasteiger charge is 2.26. The van der Waals surface area contributed by atoms with Gasteiger partial charge < -0.3 is 10.1 Å². The fraction of sp³-hybridized carbons (Fsp3) is 0.136. The first kappa shape index (κ1) is 19.9. The van der Waals surface area contributed by atoms with Gasteiger partial charge in [-0.1, -0.05) is 42.5 Å². The van der Waals surface area contributed by atoms with Crippen molar-refractivity contribution in [3.63, 3.8) is 0 Å². The minimum absolute atomic E-state index is 0.00269. The number of esters is 1. The van der Waals surface area contributed by atoms with Gasteiger partial charge in [0.05, 0.1) is 11.9 Å². The Balaban J connectivity index is 1.84. The lowest BCUT2D eigenvalue weighted by Gasteiger charge is -2.18. The average molecular weight is 389 g/mol. The van der Waals surface area contributed by atoms with Crippen LogP contribution in [0.4, 0.5) is 5.69 Å². The van der Waals surface area contributed by atoms with E-state index in [0.717, 1.165) is 0 Å². The summed E-state index contributed by atoms with van der Waals surface area (Å²) in [7, 11) is 0. The fourth-order valence-electron chi connectivity index (χ4n) is 2.59. The number of carbonyl (C=O) groups excluding carboxylic acids is 3. The number of anilines is 1. The second-order valence-corrected chi connectivity index (χ2v) is 6.37. The number of rotatable bonds is 6. The van der Waals surface area contributed by atoms with Crippen LogP contribution in [0.1, 0.15) is 45.1 Å². The Morgan fingerprint density at radius 1 is 0.966 bits per heavy atom. The van der Waals surface area contributed by atoms with Crippen LogP contribution in [0.3, 0.4) is 0 Å². The normalized spacial score (nSPS) is 11.4. The molecule has 7 nitrogen and oxygen atoms in total. The molecule has 3 rings (SSSR count). The van der Waals surface area contributed by atoms with Gasteiger partial charge in [-0.2, -0.15) is 0 Å². The van der Waals surface area contributed by atoms with Crippen LogP contribution >= 0.6 is 0 Å². The number of ketones is 1. The van der Waals surface area contributed by atoms with Crippen molar-refractivity contribution in [3.05, 3.63) is 89.5 Å². The SMILES string of the molecule is CC(=O)c1cccc(NC(=O)C(OC(=O)c2cnc(C)cn2)c2ccccc2)c1. The molecular weight excluding hydrogens is 370 g/mol. The number of aryl methyl sites for hydroxylation is 1. The maximum atomic E-state index is 12.9. The first-order chi connectivity index (χ1) is 13.9. The molecule has 3 aromatic rings. The second kappa shape index (κ2) is 8.88. The number of nitrogens with zero attached hydrogens (tertiary/aromatic N) is 2. The lowest BCUT2D eigenvalue weighted by molar-refractivity contribution is -0.125. The van der Waals surface area contributed by atoms with Gasteiger partial charge >= 0.3 is 5.97 Å². The molecule has 1 N–H and O–H groups in total. The van der Waals surface area contributed by atoms with Gasteiger partial charge in [0.15, 0.2) is 11.5 Å². The molecule has 2 aromatic carbocycles. The summed E-state index contributed by atoms with van der Waals surface area (Å²) in [6.07, 6.45) is 1.54. The van der Waals surface area contributed by atoms with Crippen molar-refractivity contribution in [3.8, 4) is 0 Å². The van der Waals surface area contributed by atoms with Crippen molar-refractivity contribution in [2.45, 2.75) is 20.0 Å². The predicted octanol–water partition coefficient (Wildman–Crippen LogP) is 3.52. The van der Waals surface area contributed by atoms with Gasteiger partial charge in [0, 0.05) is 23.0 Å².